The van der Waals surface area contributed by atoms with E-state index in [-0.39, 0.29) is 6.03 Å². The number of nitrogens with one attached hydrogen (secondary N) is 1. The van der Waals surface area contributed by atoms with Gasteiger partial charge in [0.15, 0.2) is 0 Å². The number of carbonyl (C=O) groups excluding carboxylic acids is 1. The fourth-order valence-electron chi connectivity index (χ4n) is 3.14. The first-order valence-electron chi connectivity index (χ1n) is 8.78. The molecule has 1 saturated heterocycles. The molecule has 134 valence electrons. The van der Waals surface area contributed by atoms with Gasteiger partial charge in [0, 0.05) is 63.3 Å². The van der Waals surface area contributed by atoms with Gasteiger partial charge in [0.2, 0.25) is 0 Å². The highest BCUT2D eigenvalue weighted by atomic mass is 16.5. The first-order chi connectivity index (χ1) is 12.2. The van der Waals surface area contributed by atoms with E-state index >= 15 is 0 Å². The number of imidazole rings is 1. The Labute approximate surface area is 148 Å². The van der Waals surface area contributed by atoms with Gasteiger partial charge in [0.1, 0.15) is 5.82 Å². The quantitative estimate of drug-likeness (QED) is 0.787. The van der Waals surface area contributed by atoms with Crippen LogP contribution in [0.2, 0.25) is 0 Å². The molecule has 0 aliphatic carbocycles. The molecular formula is C19H26N4O2. The molecule has 1 N–H and O–H groups in total. The minimum atomic E-state index is 0.0259. The van der Waals surface area contributed by atoms with Gasteiger partial charge >= 0.3 is 6.03 Å². The SMILES string of the molecule is COCCCNC(=O)N1CC(Cn2c(C)cnc2-c2ccccc2)C1. The summed E-state index contributed by atoms with van der Waals surface area (Å²) in [6.45, 7) is 5.89. The number of aromatic nitrogens is 2. The smallest absolute Gasteiger partial charge is 0.317 e. The van der Waals surface area contributed by atoms with Crippen LogP contribution in [0.1, 0.15) is 12.1 Å². The van der Waals surface area contributed by atoms with Crippen molar-refractivity contribution in [2.75, 3.05) is 33.4 Å². The largest absolute Gasteiger partial charge is 0.385 e. The van der Waals surface area contributed by atoms with Gasteiger partial charge in [-0.3, -0.25) is 0 Å². The second-order valence-electron chi connectivity index (χ2n) is 6.55. The summed E-state index contributed by atoms with van der Waals surface area (Å²) in [5.74, 6) is 1.47. The molecule has 6 nitrogen and oxygen atoms in total. The summed E-state index contributed by atoms with van der Waals surface area (Å²) in [4.78, 5) is 18.5. The van der Waals surface area contributed by atoms with E-state index in [2.05, 4.69) is 33.9 Å². The van der Waals surface area contributed by atoms with Crippen LogP contribution in [0.15, 0.2) is 36.5 Å². The zero-order valence-corrected chi connectivity index (χ0v) is 14.9. The Morgan fingerprint density at radius 2 is 2.08 bits per heavy atom. The first-order valence-corrected chi connectivity index (χ1v) is 8.78. The van der Waals surface area contributed by atoms with E-state index in [1.54, 1.807) is 7.11 Å². The second kappa shape index (κ2) is 8.16. The summed E-state index contributed by atoms with van der Waals surface area (Å²) in [5, 5.41) is 2.94. The number of hydrogen-bond acceptors (Lipinski definition) is 3. The molecule has 3 rings (SSSR count). The van der Waals surface area contributed by atoms with Gasteiger partial charge in [-0.25, -0.2) is 9.78 Å². The standard InChI is InChI=1S/C19H26N4O2/c1-15-11-21-18(17-7-4-3-5-8-17)23(15)14-16-12-22(13-16)19(24)20-9-6-10-25-2/h3-5,7-8,11,16H,6,9-10,12-14H2,1-2H3,(H,20,24). The van der Waals surface area contributed by atoms with Gasteiger partial charge in [-0.2, -0.15) is 0 Å². The van der Waals surface area contributed by atoms with Crippen LogP contribution in [0.3, 0.4) is 0 Å². The first kappa shape index (κ1) is 17.5. The molecule has 0 radical (unpaired) electrons. The molecule has 0 unspecified atom stereocenters. The number of nitrogens with zero attached hydrogens (tertiary/aromatic N) is 3. The molecule has 25 heavy (non-hydrogen) atoms. The van der Waals surface area contributed by atoms with Gasteiger partial charge in [-0.05, 0) is 13.3 Å². The zero-order chi connectivity index (χ0) is 17.6. The predicted molar refractivity (Wildman–Crippen MR) is 97.4 cm³/mol. The maximum Gasteiger partial charge on any atom is 0.317 e. The van der Waals surface area contributed by atoms with Crippen LogP contribution >= 0.6 is 0 Å². The predicted octanol–water partition coefficient (Wildman–Crippen LogP) is 2.54. The van der Waals surface area contributed by atoms with Crippen molar-refractivity contribution in [3.63, 3.8) is 0 Å². The van der Waals surface area contributed by atoms with Crippen LogP contribution in [0, 0.1) is 12.8 Å². The second-order valence-corrected chi connectivity index (χ2v) is 6.55. The number of aryl methyl sites for hydroxylation is 1. The lowest BCUT2D eigenvalue weighted by molar-refractivity contribution is 0.110. The zero-order valence-electron chi connectivity index (χ0n) is 14.9. The van der Waals surface area contributed by atoms with Crippen LogP contribution in [0.25, 0.3) is 11.4 Å². The average Bonchev–Trinajstić information content (AvgIpc) is 2.96. The highest BCUT2D eigenvalue weighted by Crippen LogP contribution is 2.24. The highest BCUT2D eigenvalue weighted by Gasteiger charge is 2.31. The summed E-state index contributed by atoms with van der Waals surface area (Å²) in [6.07, 6.45) is 2.76. The molecule has 1 aliphatic rings. The number of urea groups is 1. The van der Waals surface area contributed by atoms with E-state index in [4.69, 9.17) is 4.74 Å². The Morgan fingerprint density at radius 1 is 1.32 bits per heavy atom. The summed E-state index contributed by atoms with van der Waals surface area (Å²) < 4.78 is 7.24. The number of likely N-dealkylation sites (tertiary alicyclic amines) is 1. The van der Waals surface area contributed by atoms with Crippen molar-refractivity contribution in [2.24, 2.45) is 5.92 Å². The molecule has 1 aliphatic heterocycles. The third kappa shape index (κ3) is 4.20. The molecule has 0 saturated carbocycles. The molecule has 0 atom stereocenters. The summed E-state index contributed by atoms with van der Waals surface area (Å²) in [5.41, 5.74) is 2.28. The number of hydrogen-bond donors (Lipinski definition) is 1. The van der Waals surface area contributed by atoms with Crippen LogP contribution in [0.5, 0.6) is 0 Å². The van der Waals surface area contributed by atoms with E-state index < -0.39 is 0 Å². The topological polar surface area (TPSA) is 59.4 Å². The minimum absolute atomic E-state index is 0.0259. The fourth-order valence-corrected chi connectivity index (χ4v) is 3.14. The van der Waals surface area contributed by atoms with E-state index in [1.165, 1.54) is 0 Å². The number of amides is 2. The minimum Gasteiger partial charge on any atom is -0.385 e. The van der Waals surface area contributed by atoms with Gasteiger partial charge in [-0.15, -0.1) is 0 Å². The molecule has 0 bridgehead atoms. The lowest BCUT2D eigenvalue weighted by Crippen LogP contribution is -2.55. The maximum absolute atomic E-state index is 12.0. The monoisotopic (exact) mass is 342 g/mol. The summed E-state index contributed by atoms with van der Waals surface area (Å²) in [7, 11) is 1.67. The normalized spacial score (nSPS) is 14.4. The Morgan fingerprint density at radius 3 is 2.80 bits per heavy atom. The highest BCUT2D eigenvalue weighted by molar-refractivity contribution is 5.75. The van der Waals surface area contributed by atoms with Crippen molar-refractivity contribution in [3.05, 3.63) is 42.2 Å². The molecule has 1 aromatic heterocycles. The molecular weight excluding hydrogens is 316 g/mol. The van der Waals surface area contributed by atoms with Crippen molar-refractivity contribution >= 4 is 6.03 Å². The summed E-state index contributed by atoms with van der Waals surface area (Å²) in [6, 6.07) is 10.3. The molecule has 1 aromatic carbocycles. The molecule has 0 spiro atoms. The third-order valence-corrected chi connectivity index (χ3v) is 4.57. The number of methoxy groups -OCH3 is 1. The molecule has 2 amide bonds. The molecule has 2 aromatic rings. The average molecular weight is 342 g/mol. The van der Waals surface area contributed by atoms with E-state index in [9.17, 15) is 4.79 Å². The third-order valence-electron chi connectivity index (χ3n) is 4.57. The fraction of sp³-hybridized carbons (Fsp3) is 0.474. The van der Waals surface area contributed by atoms with Crippen molar-refractivity contribution in [1.29, 1.82) is 0 Å². The maximum atomic E-state index is 12.0. The van der Waals surface area contributed by atoms with Gasteiger partial charge in [0.25, 0.3) is 0 Å². The Hall–Kier alpha value is -2.34. The number of rotatable bonds is 7. The number of benzene rings is 1. The van der Waals surface area contributed by atoms with Crippen LogP contribution < -0.4 is 5.32 Å². The number of ether oxygens (including phenoxy) is 1. The van der Waals surface area contributed by atoms with Crippen molar-refractivity contribution < 1.29 is 9.53 Å². The van der Waals surface area contributed by atoms with E-state index in [1.807, 2.05) is 29.3 Å². The Balaban J connectivity index is 1.52. The summed E-state index contributed by atoms with van der Waals surface area (Å²) >= 11 is 0. The van der Waals surface area contributed by atoms with E-state index in [0.29, 0.717) is 19.1 Å². The van der Waals surface area contributed by atoms with Crippen molar-refractivity contribution in [3.8, 4) is 11.4 Å². The molecule has 1 fully saturated rings. The lowest BCUT2D eigenvalue weighted by atomic mass is 10.0. The molecule has 6 heteroatoms. The lowest BCUT2D eigenvalue weighted by Gasteiger charge is -2.39. The van der Waals surface area contributed by atoms with Gasteiger partial charge in [0.05, 0.1) is 0 Å². The van der Waals surface area contributed by atoms with Gasteiger partial charge < -0.3 is 19.5 Å². The Bertz CT molecular complexity index is 693. The molecule has 2 heterocycles. The number of carbonyl (C=O) groups is 1. The van der Waals surface area contributed by atoms with Crippen LogP contribution in [-0.4, -0.2) is 53.8 Å². The Kier molecular flexibility index (Phi) is 5.71. The van der Waals surface area contributed by atoms with Gasteiger partial charge in [-0.1, -0.05) is 30.3 Å². The van der Waals surface area contributed by atoms with Crippen molar-refractivity contribution in [2.45, 2.75) is 19.9 Å². The van der Waals surface area contributed by atoms with Crippen molar-refractivity contribution in [1.82, 2.24) is 19.8 Å². The van der Waals surface area contributed by atoms with E-state index in [0.717, 1.165) is 43.1 Å². The van der Waals surface area contributed by atoms with Crippen LogP contribution in [-0.2, 0) is 11.3 Å². The van der Waals surface area contributed by atoms with Crippen LogP contribution in [0.4, 0.5) is 4.79 Å².